The number of urea groups is 1. The van der Waals surface area contributed by atoms with Gasteiger partial charge in [-0.3, -0.25) is 0 Å². The molecule has 5 nitrogen and oxygen atoms in total. The van der Waals surface area contributed by atoms with E-state index in [1.54, 1.807) is 0 Å². The molecule has 3 N–H and O–H groups in total. The third-order valence-corrected chi connectivity index (χ3v) is 2.73. The van der Waals surface area contributed by atoms with Crippen molar-refractivity contribution in [3.8, 4) is 5.75 Å². The SMILES string of the molecule is NC(=O)NN=Cc1ccc(F)cc1OCc1ccc(F)c(F)c1. The van der Waals surface area contributed by atoms with Crippen LogP contribution in [0.2, 0.25) is 0 Å². The van der Waals surface area contributed by atoms with E-state index in [0.717, 1.165) is 18.2 Å². The van der Waals surface area contributed by atoms with Gasteiger partial charge in [-0.25, -0.2) is 23.4 Å². The fourth-order valence-corrected chi connectivity index (χ4v) is 1.70. The van der Waals surface area contributed by atoms with Crippen molar-refractivity contribution in [1.82, 2.24) is 5.43 Å². The number of nitrogens with two attached hydrogens (primary N) is 1. The van der Waals surface area contributed by atoms with Gasteiger partial charge in [0.25, 0.3) is 0 Å². The van der Waals surface area contributed by atoms with E-state index in [0.29, 0.717) is 11.1 Å². The number of hydrogen-bond donors (Lipinski definition) is 2. The fraction of sp³-hybridized carbons (Fsp3) is 0.0667. The van der Waals surface area contributed by atoms with E-state index in [4.69, 9.17) is 10.5 Å². The molecule has 0 saturated carbocycles. The molecular formula is C15H12F3N3O2. The number of nitrogens with one attached hydrogen (secondary N) is 1. The lowest BCUT2D eigenvalue weighted by Gasteiger charge is -2.09. The molecule has 120 valence electrons. The van der Waals surface area contributed by atoms with Crippen LogP contribution in [-0.2, 0) is 6.61 Å². The Kier molecular flexibility index (Phi) is 5.19. The molecule has 0 saturated heterocycles. The summed E-state index contributed by atoms with van der Waals surface area (Å²) in [5.74, 6) is -2.40. The highest BCUT2D eigenvalue weighted by molar-refractivity contribution is 5.84. The zero-order chi connectivity index (χ0) is 16.8. The van der Waals surface area contributed by atoms with E-state index in [1.165, 1.54) is 24.4 Å². The number of hydrogen-bond acceptors (Lipinski definition) is 3. The van der Waals surface area contributed by atoms with Crippen molar-refractivity contribution in [2.24, 2.45) is 10.8 Å². The largest absolute Gasteiger partial charge is 0.488 e. The summed E-state index contributed by atoms with van der Waals surface area (Å²) >= 11 is 0. The Morgan fingerprint density at radius 2 is 1.96 bits per heavy atom. The second kappa shape index (κ2) is 7.30. The van der Waals surface area contributed by atoms with Gasteiger partial charge in [0, 0.05) is 11.6 Å². The van der Waals surface area contributed by atoms with Crippen molar-refractivity contribution in [3.05, 3.63) is 65.0 Å². The number of carbonyl (C=O) groups is 1. The van der Waals surface area contributed by atoms with Crippen molar-refractivity contribution in [2.45, 2.75) is 6.61 Å². The van der Waals surface area contributed by atoms with Gasteiger partial charge in [-0.15, -0.1) is 0 Å². The number of hydrazone groups is 1. The Morgan fingerprint density at radius 3 is 2.65 bits per heavy atom. The number of primary amides is 1. The molecule has 2 aromatic rings. The van der Waals surface area contributed by atoms with Crippen LogP contribution in [0.1, 0.15) is 11.1 Å². The molecule has 0 heterocycles. The second-order valence-corrected chi connectivity index (χ2v) is 4.45. The Balaban J connectivity index is 2.14. The lowest BCUT2D eigenvalue weighted by atomic mass is 10.2. The molecular weight excluding hydrogens is 311 g/mol. The topological polar surface area (TPSA) is 76.7 Å². The van der Waals surface area contributed by atoms with Gasteiger partial charge in [0.05, 0.1) is 6.21 Å². The quantitative estimate of drug-likeness (QED) is 0.655. The minimum atomic E-state index is -1.00. The molecule has 0 radical (unpaired) electrons. The van der Waals surface area contributed by atoms with E-state index in [9.17, 15) is 18.0 Å². The van der Waals surface area contributed by atoms with Crippen molar-refractivity contribution in [2.75, 3.05) is 0 Å². The maximum absolute atomic E-state index is 13.3. The van der Waals surface area contributed by atoms with Crippen LogP contribution < -0.4 is 15.9 Å². The summed E-state index contributed by atoms with van der Waals surface area (Å²) in [6.45, 7) is -0.106. The number of carbonyl (C=O) groups excluding carboxylic acids is 1. The van der Waals surface area contributed by atoms with E-state index in [2.05, 4.69) is 5.10 Å². The van der Waals surface area contributed by atoms with Gasteiger partial charge in [-0.05, 0) is 29.8 Å². The molecule has 0 atom stereocenters. The molecule has 0 aromatic heterocycles. The summed E-state index contributed by atoms with van der Waals surface area (Å²) in [5, 5.41) is 3.55. The van der Waals surface area contributed by atoms with Crippen molar-refractivity contribution in [3.63, 3.8) is 0 Å². The first-order chi connectivity index (χ1) is 11.0. The molecule has 23 heavy (non-hydrogen) atoms. The molecule has 0 aliphatic carbocycles. The lowest BCUT2D eigenvalue weighted by Crippen LogP contribution is -2.24. The summed E-state index contributed by atoms with van der Waals surface area (Å²) in [6, 6.07) is 6.10. The zero-order valence-corrected chi connectivity index (χ0v) is 11.7. The van der Waals surface area contributed by atoms with Crippen LogP contribution in [0, 0.1) is 17.5 Å². The maximum Gasteiger partial charge on any atom is 0.332 e. The van der Waals surface area contributed by atoms with Crippen LogP contribution in [0.25, 0.3) is 0 Å². The number of benzene rings is 2. The van der Waals surface area contributed by atoms with E-state index >= 15 is 0 Å². The molecule has 2 rings (SSSR count). The van der Waals surface area contributed by atoms with Crippen molar-refractivity contribution < 1.29 is 22.7 Å². The highest BCUT2D eigenvalue weighted by Gasteiger charge is 2.07. The maximum atomic E-state index is 13.3. The van der Waals surface area contributed by atoms with Gasteiger partial charge in [0.15, 0.2) is 11.6 Å². The Labute approximate surface area is 129 Å². The number of ether oxygens (including phenoxy) is 1. The number of halogens is 3. The van der Waals surface area contributed by atoms with Gasteiger partial charge >= 0.3 is 6.03 Å². The Morgan fingerprint density at radius 1 is 1.17 bits per heavy atom. The van der Waals surface area contributed by atoms with E-state index in [1.807, 2.05) is 5.43 Å². The average molecular weight is 323 g/mol. The number of nitrogens with zero attached hydrogens (tertiary/aromatic N) is 1. The lowest BCUT2D eigenvalue weighted by molar-refractivity contribution is 0.249. The molecule has 2 aromatic carbocycles. The molecule has 0 aliphatic rings. The van der Waals surface area contributed by atoms with Gasteiger partial charge < -0.3 is 10.5 Å². The highest BCUT2D eigenvalue weighted by atomic mass is 19.2. The molecule has 0 aliphatic heterocycles. The van der Waals surface area contributed by atoms with Crippen LogP contribution in [-0.4, -0.2) is 12.2 Å². The molecule has 8 heteroatoms. The van der Waals surface area contributed by atoms with Gasteiger partial charge in [0.2, 0.25) is 0 Å². The fourth-order valence-electron chi connectivity index (χ4n) is 1.70. The number of amides is 2. The van der Waals surface area contributed by atoms with Crippen molar-refractivity contribution >= 4 is 12.2 Å². The van der Waals surface area contributed by atoms with Crippen LogP contribution in [0.4, 0.5) is 18.0 Å². The summed E-state index contributed by atoms with van der Waals surface area (Å²) in [7, 11) is 0. The predicted molar refractivity (Wildman–Crippen MR) is 77.4 cm³/mol. The summed E-state index contributed by atoms with van der Waals surface area (Å²) in [4.78, 5) is 10.5. The Bertz CT molecular complexity index is 751. The molecule has 2 amide bonds. The van der Waals surface area contributed by atoms with Crippen LogP contribution in [0.3, 0.4) is 0 Å². The zero-order valence-electron chi connectivity index (χ0n) is 11.7. The highest BCUT2D eigenvalue weighted by Crippen LogP contribution is 2.20. The third-order valence-electron chi connectivity index (χ3n) is 2.73. The van der Waals surface area contributed by atoms with Gasteiger partial charge in [-0.1, -0.05) is 6.07 Å². The average Bonchev–Trinajstić information content (AvgIpc) is 2.50. The van der Waals surface area contributed by atoms with Gasteiger partial charge in [-0.2, -0.15) is 5.10 Å². The predicted octanol–water partition coefficient (Wildman–Crippen LogP) is 2.69. The standard InChI is InChI=1S/C15H12F3N3O2/c16-11-3-2-10(7-20-21-15(19)22)14(6-11)23-8-9-1-4-12(17)13(18)5-9/h1-7H,8H2,(H3,19,21,22). The smallest absolute Gasteiger partial charge is 0.332 e. The van der Waals surface area contributed by atoms with Crippen molar-refractivity contribution in [1.29, 1.82) is 0 Å². The summed E-state index contributed by atoms with van der Waals surface area (Å²) in [5.41, 5.74) is 7.58. The summed E-state index contributed by atoms with van der Waals surface area (Å²) < 4.78 is 44.7. The molecule has 0 fully saturated rings. The van der Waals surface area contributed by atoms with E-state index in [-0.39, 0.29) is 12.4 Å². The second-order valence-electron chi connectivity index (χ2n) is 4.45. The molecule has 0 unspecified atom stereocenters. The minimum absolute atomic E-state index is 0.106. The minimum Gasteiger partial charge on any atom is -0.488 e. The third kappa shape index (κ3) is 4.73. The van der Waals surface area contributed by atoms with Crippen LogP contribution >= 0.6 is 0 Å². The molecule has 0 bridgehead atoms. The first-order valence-corrected chi connectivity index (χ1v) is 6.40. The van der Waals surface area contributed by atoms with Crippen LogP contribution in [0.15, 0.2) is 41.5 Å². The first-order valence-electron chi connectivity index (χ1n) is 6.40. The normalized spacial score (nSPS) is 10.7. The van der Waals surface area contributed by atoms with Gasteiger partial charge in [0.1, 0.15) is 18.2 Å². The van der Waals surface area contributed by atoms with Crippen LogP contribution in [0.5, 0.6) is 5.75 Å². The number of rotatable bonds is 5. The van der Waals surface area contributed by atoms with E-state index < -0.39 is 23.5 Å². The molecule has 0 spiro atoms. The Hall–Kier alpha value is -3.03. The monoisotopic (exact) mass is 323 g/mol. The summed E-state index contributed by atoms with van der Waals surface area (Å²) in [6.07, 6.45) is 1.21. The first kappa shape index (κ1) is 16.3.